The van der Waals surface area contributed by atoms with Crippen LogP contribution in [0.15, 0.2) is 41.4 Å². The van der Waals surface area contributed by atoms with Crippen molar-refractivity contribution in [2.75, 3.05) is 18.1 Å². The highest BCUT2D eigenvalue weighted by atomic mass is 79.9. The molecule has 0 bridgehead atoms. The Hall–Kier alpha value is -0.250. The van der Waals surface area contributed by atoms with Gasteiger partial charge in [-0.15, -0.1) is 6.58 Å². The maximum absolute atomic E-state index is 3.72. The van der Waals surface area contributed by atoms with Crippen molar-refractivity contribution in [1.29, 1.82) is 0 Å². The van der Waals surface area contributed by atoms with Gasteiger partial charge in [0.1, 0.15) is 0 Å². The number of hydrogen-bond donors (Lipinski definition) is 1. The van der Waals surface area contributed by atoms with E-state index in [0.29, 0.717) is 6.04 Å². The van der Waals surface area contributed by atoms with Gasteiger partial charge < -0.3 is 5.32 Å². The molecule has 1 rings (SSSR count). The van der Waals surface area contributed by atoms with Crippen LogP contribution >= 0.6 is 27.7 Å². The van der Waals surface area contributed by atoms with Crippen molar-refractivity contribution in [3.05, 3.63) is 47.0 Å². The Bertz CT molecular complexity index is 341. The lowest BCUT2D eigenvalue weighted by Crippen LogP contribution is -2.23. The van der Waals surface area contributed by atoms with Gasteiger partial charge in [-0.1, -0.05) is 41.1 Å². The zero-order valence-corrected chi connectivity index (χ0v) is 12.7. The van der Waals surface area contributed by atoms with E-state index in [2.05, 4.69) is 59.0 Å². The lowest BCUT2D eigenvalue weighted by Gasteiger charge is -2.17. The largest absolute Gasteiger partial charge is 0.309 e. The summed E-state index contributed by atoms with van der Waals surface area (Å²) in [5, 5.41) is 3.60. The fourth-order valence-electron chi connectivity index (χ4n) is 1.69. The van der Waals surface area contributed by atoms with Crippen molar-refractivity contribution in [2.45, 2.75) is 19.4 Å². The fraction of sp³-hybridized carbons (Fsp3) is 0.429. The van der Waals surface area contributed by atoms with Gasteiger partial charge in [-0.3, -0.25) is 0 Å². The Morgan fingerprint density at radius 3 is 3.00 bits per heavy atom. The molecule has 0 aromatic heterocycles. The van der Waals surface area contributed by atoms with Crippen LogP contribution in [0.3, 0.4) is 0 Å². The zero-order valence-electron chi connectivity index (χ0n) is 10.3. The lowest BCUT2D eigenvalue weighted by molar-refractivity contribution is 0.539. The summed E-state index contributed by atoms with van der Waals surface area (Å²) in [6.45, 7) is 6.98. The quantitative estimate of drug-likeness (QED) is 0.563. The van der Waals surface area contributed by atoms with Crippen LogP contribution in [0.2, 0.25) is 0 Å². The Labute approximate surface area is 117 Å². The van der Waals surface area contributed by atoms with Gasteiger partial charge in [-0.2, -0.15) is 11.8 Å². The molecule has 0 aliphatic rings. The van der Waals surface area contributed by atoms with Crippen LogP contribution in [0, 0.1) is 0 Å². The van der Waals surface area contributed by atoms with E-state index in [9.17, 15) is 0 Å². The summed E-state index contributed by atoms with van der Waals surface area (Å²) in [4.78, 5) is 0. The second-order valence-electron chi connectivity index (χ2n) is 3.83. The maximum atomic E-state index is 3.72. The highest BCUT2D eigenvalue weighted by Gasteiger charge is 2.07. The van der Waals surface area contributed by atoms with Gasteiger partial charge in [0.15, 0.2) is 0 Å². The molecular weight excluding hydrogens is 294 g/mol. The topological polar surface area (TPSA) is 12.0 Å². The van der Waals surface area contributed by atoms with Crippen LogP contribution in [0.25, 0.3) is 0 Å². The predicted molar refractivity (Wildman–Crippen MR) is 82.7 cm³/mol. The van der Waals surface area contributed by atoms with E-state index in [-0.39, 0.29) is 0 Å². The second-order valence-corrected chi connectivity index (χ2v) is 5.90. The molecule has 0 fully saturated rings. The van der Waals surface area contributed by atoms with Crippen LogP contribution in [0.1, 0.15) is 24.9 Å². The van der Waals surface area contributed by atoms with E-state index in [1.165, 1.54) is 5.56 Å². The van der Waals surface area contributed by atoms with Crippen molar-refractivity contribution in [2.24, 2.45) is 0 Å². The summed E-state index contributed by atoms with van der Waals surface area (Å²) in [5.41, 5.74) is 1.36. The molecule has 1 nitrogen and oxygen atoms in total. The van der Waals surface area contributed by atoms with Crippen molar-refractivity contribution in [3.63, 3.8) is 0 Å². The van der Waals surface area contributed by atoms with E-state index in [1.54, 1.807) is 0 Å². The minimum Gasteiger partial charge on any atom is -0.309 e. The summed E-state index contributed by atoms with van der Waals surface area (Å²) in [6, 6.07) is 8.99. The number of thioether (sulfide) groups is 1. The first-order valence-corrected chi connectivity index (χ1v) is 7.90. The SMILES string of the molecule is C=CCSCCNC(CC)c1cccc(Br)c1. The average Bonchev–Trinajstić information content (AvgIpc) is 2.34. The van der Waals surface area contributed by atoms with Gasteiger partial charge in [0.05, 0.1) is 0 Å². The first kappa shape index (κ1) is 14.8. The van der Waals surface area contributed by atoms with Crippen molar-refractivity contribution in [3.8, 4) is 0 Å². The van der Waals surface area contributed by atoms with Crippen molar-refractivity contribution >= 4 is 27.7 Å². The molecule has 0 heterocycles. The zero-order chi connectivity index (χ0) is 12.5. The standard InChI is InChI=1S/C14H20BrNS/c1-3-9-17-10-8-16-14(4-2)12-6-5-7-13(15)11-12/h3,5-7,11,14,16H,1,4,8-10H2,2H3. The first-order chi connectivity index (χ1) is 8.27. The molecule has 3 heteroatoms. The van der Waals surface area contributed by atoms with E-state index < -0.39 is 0 Å². The van der Waals surface area contributed by atoms with Crippen molar-refractivity contribution < 1.29 is 0 Å². The third kappa shape index (κ3) is 5.75. The molecule has 1 unspecified atom stereocenters. The molecule has 0 aliphatic carbocycles. The van der Waals surface area contributed by atoms with E-state index in [1.807, 2.05) is 17.8 Å². The smallest absolute Gasteiger partial charge is 0.0318 e. The summed E-state index contributed by atoms with van der Waals surface area (Å²) < 4.78 is 1.15. The molecule has 0 spiro atoms. The number of halogens is 1. The Kier molecular flexibility index (Phi) is 7.65. The van der Waals surface area contributed by atoms with E-state index >= 15 is 0 Å². The van der Waals surface area contributed by atoms with Crippen LogP contribution < -0.4 is 5.32 Å². The Morgan fingerprint density at radius 1 is 1.53 bits per heavy atom. The monoisotopic (exact) mass is 313 g/mol. The summed E-state index contributed by atoms with van der Waals surface area (Å²) in [7, 11) is 0. The molecule has 0 amide bonds. The highest BCUT2D eigenvalue weighted by molar-refractivity contribution is 9.10. The summed E-state index contributed by atoms with van der Waals surface area (Å²) >= 11 is 5.43. The molecule has 1 aromatic rings. The summed E-state index contributed by atoms with van der Waals surface area (Å²) in [6.07, 6.45) is 3.07. The van der Waals surface area contributed by atoms with Crippen LogP contribution in [-0.2, 0) is 0 Å². The molecule has 94 valence electrons. The van der Waals surface area contributed by atoms with Gasteiger partial charge in [0.2, 0.25) is 0 Å². The number of nitrogens with one attached hydrogen (secondary N) is 1. The van der Waals surface area contributed by atoms with Gasteiger partial charge in [-0.25, -0.2) is 0 Å². The maximum Gasteiger partial charge on any atom is 0.0318 e. The average molecular weight is 314 g/mol. The molecule has 0 aliphatic heterocycles. The minimum atomic E-state index is 0.455. The van der Waals surface area contributed by atoms with Crippen molar-refractivity contribution in [1.82, 2.24) is 5.32 Å². The molecule has 1 atom stereocenters. The van der Waals surface area contributed by atoms with Gasteiger partial charge in [0.25, 0.3) is 0 Å². The molecule has 17 heavy (non-hydrogen) atoms. The van der Waals surface area contributed by atoms with Crippen LogP contribution in [-0.4, -0.2) is 18.1 Å². The normalized spacial score (nSPS) is 12.4. The second kappa shape index (κ2) is 8.78. The summed E-state index contributed by atoms with van der Waals surface area (Å²) in [5.74, 6) is 2.17. The number of hydrogen-bond acceptors (Lipinski definition) is 2. The molecule has 0 saturated heterocycles. The van der Waals surface area contributed by atoms with Gasteiger partial charge in [-0.05, 0) is 24.1 Å². The van der Waals surface area contributed by atoms with E-state index in [4.69, 9.17) is 0 Å². The van der Waals surface area contributed by atoms with E-state index in [0.717, 1.165) is 28.9 Å². The minimum absolute atomic E-state index is 0.455. The number of benzene rings is 1. The fourth-order valence-corrected chi connectivity index (χ4v) is 2.71. The van der Waals surface area contributed by atoms with Gasteiger partial charge >= 0.3 is 0 Å². The third-order valence-electron chi connectivity index (χ3n) is 2.53. The highest BCUT2D eigenvalue weighted by Crippen LogP contribution is 2.20. The molecule has 1 N–H and O–H groups in total. The van der Waals surface area contributed by atoms with Gasteiger partial charge in [0, 0.05) is 28.6 Å². The first-order valence-electron chi connectivity index (χ1n) is 5.95. The Morgan fingerprint density at radius 2 is 2.35 bits per heavy atom. The molecule has 1 aromatic carbocycles. The number of rotatable bonds is 8. The Balaban J connectivity index is 2.40. The van der Waals surface area contributed by atoms with Crippen LogP contribution in [0.4, 0.5) is 0 Å². The molecular formula is C14H20BrNS. The van der Waals surface area contributed by atoms with Crippen LogP contribution in [0.5, 0.6) is 0 Å². The molecule has 0 saturated carbocycles. The lowest BCUT2D eigenvalue weighted by atomic mass is 10.1. The molecule has 0 radical (unpaired) electrons. The third-order valence-corrected chi connectivity index (χ3v) is 3.99. The predicted octanol–water partition coefficient (Wildman–Crippen LogP) is 4.41.